The summed E-state index contributed by atoms with van der Waals surface area (Å²) in [4.78, 5) is 13.0. The zero-order valence-electron chi connectivity index (χ0n) is 35.2. The summed E-state index contributed by atoms with van der Waals surface area (Å²) in [5.74, 6) is -0.373. The Morgan fingerprint density at radius 2 is 1.15 bits per heavy atom. The number of allylic oxidation sites excluding steroid dienone is 10. The average molecular weight is 838 g/mol. The Labute approximate surface area is 351 Å². The van der Waals surface area contributed by atoms with Gasteiger partial charge in [-0.05, 0) is 44.9 Å². The molecule has 2 rings (SSSR count). The van der Waals surface area contributed by atoms with Gasteiger partial charge >= 0.3 is 0 Å². The summed E-state index contributed by atoms with van der Waals surface area (Å²) in [6.45, 7) is 2.53. The summed E-state index contributed by atoms with van der Waals surface area (Å²) < 4.78 is 22.5. The fourth-order valence-corrected chi connectivity index (χ4v) is 6.59. The maximum atomic E-state index is 13.0. The standard InChI is InChI=1S/C45H75NO13/c1-3-5-7-9-11-13-15-16-17-18-19-21-23-25-27-29-37(50)46-33(34(49)28-26-24-22-20-14-12-10-8-6-4-2)32-56-44-42(55)40(53)43(36(31-48)58-44)59-45-41(54)39(52)38(51)35(30-47)57-45/h5,7,11,13,16-17,19,21,25-28,33-36,38-45,47-49,51-55H,3-4,6,8-10,12,14-15,18,20,22-24,29-32H2,1-2H3,(H,46,50)/b7-5-,13-11-,17-16-,21-19-,27-25-,28-26+. The zero-order valence-corrected chi connectivity index (χ0v) is 35.2. The minimum Gasteiger partial charge on any atom is -0.394 e. The van der Waals surface area contributed by atoms with Crippen LogP contribution in [0.4, 0.5) is 0 Å². The Kier molecular flexibility index (Phi) is 28.7. The van der Waals surface area contributed by atoms with Crippen molar-refractivity contribution in [3.05, 3.63) is 72.9 Å². The summed E-state index contributed by atoms with van der Waals surface area (Å²) in [6.07, 6.45) is 21.3. The summed E-state index contributed by atoms with van der Waals surface area (Å²) in [7, 11) is 0. The number of carbonyl (C=O) groups is 1. The van der Waals surface area contributed by atoms with E-state index in [1.165, 1.54) is 32.1 Å². The van der Waals surface area contributed by atoms with Gasteiger partial charge in [-0.2, -0.15) is 0 Å². The molecule has 2 aliphatic rings. The monoisotopic (exact) mass is 838 g/mol. The topological polar surface area (TPSA) is 228 Å². The fraction of sp³-hybridized carbons (Fsp3) is 0.711. The smallest absolute Gasteiger partial charge is 0.224 e. The van der Waals surface area contributed by atoms with Gasteiger partial charge in [-0.3, -0.25) is 4.79 Å². The highest BCUT2D eigenvalue weighted by Crippen LogP contribution is 2.29. The van der Waals surface area contributed by atoms with Gasteiger partial charge in [0.1, 0.15) is 48.8 Å². The van der Waals surface area contributed by atoms with Crippen LogP contribution < -0.4 is 5.32 Å². The van der Waals surface area contributed by atoms with E-state index >= 15 is 0 Å². The van der Waals surface area contributed by atoms with E-state index in [-0.39, 0.29) is 18.9 Å². The lowest BCUT2D eigenvalue weighted by molar-refractivity contribution is -0.359. The molecule has 338 valence electrons. The fourth-order valence-electron chi connectivity index (χ4n) is 6.59. The van der Waals surface area contributed by atoms with E-state index in [9.17, 15) is 45.6 Å². The molecule has 0 spiro atoms. The number of hydrogen-bond acceptors (Lipinski definition) is 13. The Morgan fingerprint density at radius 1 is 0.627 bits per heavy atom. The molecule has 1 amide bonds. The molecule has 0 saturated carbocycles. The van der Waals surface area contributed by atoms with Gasteiger partial charge in [0.15, 0.2) is 12.6 Å². The van der Waals surface area contributed by atoms with Gasteiger partial charge in [-0.15, -0.1) is 0 Å². The van der Waals surface area contributed by atoms with E-state index in [1.54, 1.807) is 12.2 Å². The van der Waals surface area contributed by atoms with Crippen molar-refractivity contribution >= 4 is 5.91 Å². The Morgan fingerprint density at radius 3 is 1.73 bits per heavy atom. The molecule has 59 heavy (non-hydrogen) atoms. The summed E-state index contributed by atoms with van der Waals surface area (Å²) in [6, 6.07) is -0.969. The number of amides is 1. The molecule has 0 aliphatic carbocycles. The first-order valence-electron chi connectivity index (χ1n) is 21.7. The molecule has 2 fully saturated rings. The van der Waals surface area contributed by atoms with Gasteiger partial charge < -0.3 is 65.1 Å². The van der Waals surface area contributed by atoms with Crippen molar-refractivity contribution in [3.8, 4) is 0 Å². The molecule has 12 atom stereocenters. The second kappa shape index (κ2) is 32.2. The molecule has 0 aromatic carbocycles. The van der Waals surface area contributed by atoms with Gasteiger partial charge in [0.25, 0.3) is 0 Å². The number of unbranched alkanes of at least 4 members (excludes halogenated alkanes) is 8. The van der Waals surface area contributed by atoms with Crippen molar-refractivity contribution in [1.82, 2.24) is 5.32 Å². The maximum absolute atomic E-state index is 13.0. The molecule has 0 aromatic heterocycles. The van der Waals surface area contributed by atoms with Gasteiger partial charge in [0.2, 0.25) is 5.91 Å². The highest BCUT2D eigenvalue weighted by atomic mass is 16.7. The van der Waals surface area contributed by atoms with E-state index in [1.807, 2.05) is 18.2 Å². The number of hydrogen-bond donors (Lipinski definition) is 9. The highest BCUT2D eigenvalue weighted by Gasteiger charge is 2.50. The number of rotatable bonds is 30. The maximum Gasteiger partial charge on any atom is 0.224 e. The van der Waals surface area contributed by atoms with Crippen molar-refractivity contribution in [1.29, 1.82) is 0 Å². The molecule has 12 unspecified atom stereocenters. The minimum absolute atomic E-state index is 0.0452. The third-order valence-electron chi connectivity index (χ3n) is 10.2. The predicted molar refractivity (Wildman–Crippen MR) is 226 cm³/mol. The first kappa shape index (κ1) is 52.6. The normalized spacial score (nSPS) is 29.3. The van der Waals surface area contributed by atoms with E-state index in [4.69, 9.17) is 18.9 Å². The molecule has 0 aromatic rings. The average Bonchev–Trinajstić information content (AvgIpc) is 3.23. The van der Waals surface area contributed by atoms with Crippen LogP contribution in [0, 0.1) is 0 Å². The van der Waals surface area contributed by atoms with Crippen molar-refractivity contribution in [2.75, 3.05) is 19.8 Å². The van der Waals surface area contributed by atoms with Crippen LogP contribution in [0.3, 0.4) is 0 Å². The molecule has 0 radical (unpaired) electrons. The Hall–Kier alpha value is -2.57. The summed E-state index contributed by atoms with van der Waals surface area (Å²) >= 11 is 0. The van der Waals surface area contributed by atoms with Crippen molar-refractivity contribution in [3.63, 3.8) is 0 Å². The van der Waals surface area contributed by atoms with E-state index in [2.05, 4.69) is 61.7 Å². The highest BCUT2D eigenvalue weighted by molar-refractivity contribution is 5.77. The third-order valence-corrected chi connectivity index (χ3v) is 10.2. The molecule has 2 saturated heterocycles. The molecule has 0 bridgehead atoms. The number of aliphatic hydroxyl groups excluding tert-OH is 8. The second-order valence-electron chi connectivity index (χ2n) is 15.1. The van der Waals surface area contributed by atoms with Crippen LogP contribution in [-0.2, 0) is 23.7 Å². The van der Waals surface area contributed by atoms with Crippen LogP contribution >= 0.6 is 0 Å². The predicted octanol–water partition coefficient (Wildman–Crippen LogP) is 3.70. The van der Waals surface area contributed by atoms with Gasteiger partial charge in [0.05, 0.1) is 32.0 Å². The van der Waals surface area contributed by atoms with Gasteiger partial charge in [-0.1, -0.05) is 132 Å². The quantitative estimate of drug-likeness (QED) is 0.0372. The molecular formula is C45H75NO13. The largest absolute Gasteiger partial charge is 0.394 e. The Bertz CT molecular complexity index is 1270. The van der Waals surface area contributed by atoms with Crippen LogP contribution in [-0.4, -0.2) is 140 Å². The lowest BCUT2D eigenvalue weighted by atomic mass is 9.97. The van der Waals surface area contributed by atoms with E-state index in [0.29, 0.717) is 6.42 Å². The first-order chi connectivity index (χ1) is 28.6. The Balaban J connectivity index is 1.97. The number of nitrogens with one attached hydrogen (secondary N) is 1. The molecule has 9 N–H and O–H groups in total. The van der Waals surface area contributed by atoms with Crippen LogP contribution in [0.15, 0.2) is 72.9 Å². The number of carbonyl (C=O) groups excluding carboxylic acids is 1. The van der Waals surface area contributed by atoms with Crippen LogP contribution in [0.5, 0.6) is 0 Å². The lowest BCUT2D eigenvalue weighted by Gasteiger charge is -2.46. The van der Waals surface area contributed by atoms with Crippen molar-refractivity contribution in [2.24, 2.45) is 0 Å². The molecular weight excluding hydrogens is 762 g/mol. The molecule has 2 aliphatic heterocycles. The van der Waals surface area contributed by atoms with Crippen molar-refractivity contribution in [2.45, 2.75) is 184 Å². The summed E-state index contributed by atoms with van der Waals surface area (Å²) in [5.41, 5.74) is 0. The zero-order chi connectivity index (χ0) is 43.3. The molecule has 14 heteroatoms. The summed E-state index contributed by atoms with van der Waals surface area (Å²) in [5, 5.41) is 86.2. The molecule has 14 nitrogen and oxygen atoms in total. The third kappa shape index (κ3) is 20.7. The van der Waals surface area contributed by atoms with E-state index in [0.717, 1.165) is 51.4 Å². The van der Waals surface area contributed by atoms with Gasteiger partial charge in [0, 0.05) is 6.42 Å². The van der Waals surface area contributed by atoms with Crippen LogP contribution in [0.1, 0.15) is 110 Å². The van der Waals surface area contributed by atoms with Crippen molar-refractivity contribution < 1.29 is 64.6 Å². The SMILES string of the molecule is CC/C=C\C/C=C\C/C=C\C/C=C\C/C=C\CC(=O)NC(COC1OC(CO)C(OC2OC(CO)C(O)C(O)C2O)C(O)C1O)C(O)/C=C/CCCCCCCCCC. The second-order valence-corrected chi connectivity index (χ2v) is 15.1. The lowest BCUT2D eigenvalue weighted by Crippen LogP contribution is -2.65. The number of ether oxygens (including phenoxy) is 4. The number of aliphatic hydroxyl groups is 8. The van der Waals surface area contributed by atoms with E-state index < -0.39 is 86.8 Å². The minimum atomic E-state index is -1.80. The van der Waals surface area contributed by atoms with Crippen LogP contribution in [0.25, 0.3) is 0 Å². The first-order valence-corrected chi connectivity index (χ1v) is 21.7. The molecule has 2 heterocycles. The van der Waals surface area contributed by atoms with Crippen LogP contribution in [0.2, 0.25) is 0 Å². The van der Waals surface area contributed by atoms with Gasteiger partial charge in [-0.25, -0.2) is 0 Å².